The maximum atomic E-state index is 9.23. The van der Waals surface area contributed by atoms with E-state index in [1.165, 1.54) is 0 Å². The zero-order valence-electron chi connectivity index (χ0n) is 14.0. The molecule has 116 valence electrons. The Labute approximate surface area is 119 Å². The van der Waals surface area contributed by atoms with Crippen LogP contribution in [0, 0.1) is 11.3 Å². The number of aliphatic hydroxyl groups excluding tert-OH is 1. The summed E-state index contributed by atoms with van der Waals surface area (Å²) < 4.78 is 6.25. The fourth-order valence-corrected chi connectivity index (χ4v) is 2.17. The van der Waals surface area contributed by atoms with Gasteiger partial charge < -0.3 is 15.6 Å². The van der Waals surface area contributed by atoms with Crippen molar-refractivity contribution >= 4 is 0 Å². The first-order valence-corrected chi connectivity index (χ1v) is 7.60. The van der Waals surface area contributed by atoms with E-state index in [2.05, 4.69) is 48.5 Å². The van der Waals surface area contributed by atoms with Crippen LogP contribution in [0.25, 0.3) is 0 Å². The highest BCUT2D eigenvalue weighted by molar-refractivity contribution is 4.91. The van der Waals surface area contributed by atoms with Gasteiger partial charge in [0.2, 0.25) is 0 Å². The topological polar surface area (TPSA) is 55.5 Å². The zero-order valence-corrected chi connectivity index (χ0v) is 14.0. The molecule has 0 aromatic rings. The Kier molecular flexibility index (Phi) is 7.01. The Morgan fingerprint density at radius 2 is 1.63 bits per heavy atom. The van der Waals surface area contributed by atoms with Gasteiger partial charge in [-0.25, -0.2) is 0 Å². The van der Waals surface area contributed by atoms with Crippen molar-refractivity contribution in [3.63, 3.8) is 0 Å². The largest absolute Gasteiger partial charge is 0.396 e. The third-order valence-corrected chi connectivity index (χ3v) is 5.38. The first kappa shape index (κ1) is 18.9. The van der Waals surface area contributed by atoms with Gasteiger partial charge in [-0.3, -0.25) is 0 Å². The Morgan fingerprint density at radius 3 is 2.00 bits per heavy atom. The van der Waals surface area contributed by atoms with E-state index >= 15 is 0 Å². The number of rotatable bonds is 9. The predicted octanol–water partition coefficient (Wildman–Crippen LogP) is 3.34. The zero-order chi connectivity index (χ0) is 15.3. The van der Waals surface area contributed by atoms with Gasteiger partial charge in [0.15, 0.2) is 0 Å². The van der Waals surface area contributed by atoms with Crippen LogP contribution in [0.2, 0.25) is 0 Å². The third kappa shape index (κ3) is 4.73. The molecule has 0 heterocycles. The number of aliphatic hydroxyl groups is 1. The molecule has 0 amide bonds. The summed E-state index contributed by atoms with van der Waals surface area (Å²) in [5, 5.41) is 9.23. The predicted molar refractivity (Wildman–Crippen MR) is 82.2 cm³/mol. The minimum absolute atomic E-state index is 0.0482. The molecule has 3 heteroatoms. The van der Waals surface area contributed by atoms with Crippen molar-refractivity contribution in [2.45, 2.75) is 78.9 Å². The summed E-state index contributed by atoms with van der Waals surface area (Å²) in [6, 6.07) is 0. The molecule has 0 bridgehead atoms. The van der Waals surface area contributed by atoms with E-state index in [0.717, 1.165) is 19.3 Å². The summed E-state index contributed by atoms with van der Waals surface area (Å²) in [7, 11) is 0. The Balaban J connectivity index is 4.73. The van der Waals surface area contributed by atoms with Crippen molar-refractivity contribution in [2.75, 3.05) is 13.2 Å². The van der Waals surface area contributed by atoms with Crippen LogP contribution in [0.4, 0.5) is 0 Å². The highest BCUT2D eigenvalue weighted by Gasteiger charge is 2.41. The van der Waals surface area contributed by atoms with Crippen molar-refractivity contribution in [3.8, 4) is 0 Å². The molecule has 0 aliphatic carbocycles. The lowest BCUT2D eigenvalue weighted by Crippen LogP contribution is -2.49. The highest BCUT2D eigenvalue weighted by Crippen LogP contribution is 2.40. The van der Waals surface area contributed by atoms with Crippen LogP contribution in [-0.2, 0) is 4.74 Å². The summed E-state index contributed by atoms with van der Waals surface area (Å²) in [5.74, 6) is 0.313. The second-order valence-electron chi connectivity index (χ2n) is 7.01. The van der Waals surface area contributed by atoms with Crippen LogP contribution in [0.15, 0.2) is 0 Å². The molecule has 3 N–H and O–H groups in total. The average molecular weight is 273 g/mol. The van der Waals surface area contributed by atoms with Crippen LogP contribution >= 0.6 is 0 Å². The first-order chi connectivity index (χ1) is 8.56. The normalized spacial score (nSPS) is 20.7. The van der Waals surface area contributed by atoms with Crippen molar-refractivity contribution in [1.82, 2.24) is 0 Å². The Bertz CT molecular complexity index is 263. The summed E-state index contributed by atoms with van der Waals surface area (Å²) in [4.78, 5) is 0. The van der Waals surface area contributed by atoms with Crippen LogP contribution in [0.1, 0.15) is 67.7 Å². The lowest BCUT2D eigenvalue weighted by atomic mass is 9.72. The van der Waals surface area contributed by atoms with Crippen molar-refractivity contribution in [2.24, 2.45) is 17.1 Å². The molecule has 0 rings (SSSR count). The van der Waals surface area contributed by atoms with E-state index in [4.69, 9.17) is 10.5 Å². The van der Waals surface area contributed by atoms with Gasteiger partial charge in [0.1, 0.15) is 0 Å². The Hall–Kier alpha value is -0.120. The Morgan fingerprint density at radius 1 is 1.11 bits per heavy atom. The molecule has 0 radical (unpaired) electrons. The molecule has 3 nitrogen and oxygen atoms in total. The van der Waals surface area contributed by atoms with Crippen molar-refractivity contribution in [3.05, 3.63) is 0 Å². The molecule has 3 unspecified atom stereocenters. The summed E-state index contributed by atoms with van der Waals surface area (Å²) in [6.07, 6.45) is 2.62. The maximum absolute atomic E-state index is 9.23. The first-order valence-electron chi connectivity index (χ1n) is 7.60. The molecule has 0 saturated heterocycles. The molecule has 0 saturated carbocycles. The van der Waals surface area contributed by atoms with Gasteiger partial charge in [-0.05, 0) is 44.4 Å². The molecule has 0 aliphatic heterocycles. The van der Waals surface area contributed by atoms with Gasteiger partial charge in [0.25, 0.3) is 0 Å². The van der Waals surface area contributed by atoms with E-state index in [1.54, 1.807) is 0 Å². The summed E-state index contributed by atoms with van der Waals surface area (Å²) >= 11 is 0. The molecule has 3 atom stereocenters. The number of nitrogens with two attached hydrogens (primary N) is 1. The van der Waals surface area contributed by atoms with E-state index in [-0.39, 0.29) is 23.2 Å². The summed E-state index contributed by atoms with van der Waals surface area (Å²) in [5.41, 5.74) is 5.82. The van der Waals surface area contributed by atoms with Gasteiger partial charge in [-0.15, -0.1) is 0 Å². The molecule has 19 heavy (non-hydrogen) atoms. The van der Waals surface area contributed by atoms with Crippen LogP contribution in [0.3, 0.4) is 0 Å². The van der Waals surface area contributed by atoms with E-state index in [1.807, 2.05) is 0 Å². The fraction of sp³-hybridized carbons (Fsp3) is 1.00. The number of hydrogen-bond acceptors (Lipinski definition) is 3. The molecular formula is C16H35NO2. The molecular weight excluding hydrogens is 238 g/mol. The molecule has 0 aromatic carbocycles. The second kappa shape index (κ2) is 7.05. The molecule has 0 aromatic heterocycles. The standard InChI is InChI=1S/C16H35NO2/c1-8-15(6,17)13(3)12-19-16(7,9-2)14(4,5)10-11-18/h13,18H,8-12,17H2,1-7H3. The van der Waals surface area contributed by atoms with E-state index < -0.39 is 0 Å². The smallest absolute Gasteiger partial charge is 0.0703 e. The van der Waals surface area contributed by atoms with Gasteiger partial charge >= 0.3 is 0 Å². The summed E-state index contributed by atoms with van der Waals surface area (Å²) in [6.45, 7) is 15.8. The maximum Gasteiger partial charge on any atom is 0.0703 e. The average Bonchev–Trinajstić information content (AvgIpc) is 2.34. The van der Waals surface area contributed by atoms with E-state index in [0.29, 0.717) is 12.5 Å². The second-order valence-corrected chi connectivity index (χ2v) is 7.01. The number of ether oxygens (including phenoxy) is 1. The quantitative estimate of drug-likeness (QED) is 0.677. The minimum atomic E-state index is -0.228. The van der Waals surface area contributed by atoms with Crippen LogP contribution in [-0.4, -0.2) is 29.5 Å². The van der Waals surface area contributed by atoms with Crippen LogP contribution in [0.5, 0.6) is 0 Å². The van der Waals surface area contributed by atoms with Gasteiger partial charge in [0, 0.05) is 12.1 Å². The van der Waals surface area contributed by atoms with Gasteiger partial charge in [-0.1, -0.05) is 34.6 Å². The number of hydrogen-bond donors (Lipinski definition) is 2. The lowest BCUT2D eigenvalue weighted by Gasteiger charge is -2.45. The van der Waals surface area contributed by atoms with Gasteiger partial charge in [-0.2, -0.15) is 0 Å². The van der Waals surface area contributed by atoms with Crippen molar-refractivity contribution < 1.29 is 9.84 Å². The molecule has 0 spiro atoms. The van der Waals surface area contributed by atoms with Crippen molar-refractivity contribution in [1.29, 1.82) is 0 Å². The molecule has 0 fully saturated rings. The monoisotopic (exact) mass is 273 g/mol. The van der Waals surface area contributed by atoms with Gasteiger partial charge in [0.05, 0.1) is 12.2 Å². The SMILES string of the molecule is CCC(C)(N)C(C)COC(C)(CC)C(C)(C)CCO. The molecule has 0 aliphatic rings. The lowest BCUT2D eigenvalue weighted by molar-refractivity contribution is -0.133. The fourth-order valence-electron chi connectivity index (χ4n) is 2.17. The minimum Gasteiger partial charge on any atom is -0.396 e. The third-order valence-electron chi connectivity index (χ3n) is 5.38. The van der Waals surface area contributed by atoms with E-state index in [9.17, 15) is 5.11 Å². The highest BCUT2D eigenvalue weighted by atomic mass is 16.5. The van der Waals surface area contributed by atoms with Crippen LogP contribution < -0.4 is 5.73 Å².